The van der Waals surface area contributed by atoms with Gasteiger partial charge in [-0.1, -0.05) is 12.1 Å². The highest BCUT2D eigenvalue weighted by molar-refractivity contribution is 5.82. The molecule has 132 valence electrons. The topological polar surface area (TPSA) is 176 Å². The molecule has 1 aromatic carbocycles. The lowest BCUT2D eigenvalue weighted by Crippen LogP contribution is -2.58. The predicted octanol–water partition coefficient (Wildman–Crippen LogP) is -1.79. The van der Waals surface area contributed by atoms with Crippen LogP contribution in [0, 0.1) is 16.0 Å². The number of carbonyl (C=O) groups is 1. The molecular weight excluding hydrogens is 324 g/mol. The second-order valence-corrected chi connectivity index (χ2v) is 5.53. The number of nitrogens with two attached hydrogens (primary N) is 1. The number of rotatable bonds is 5. The average molecular weight is 342 g/mol. The largest absolute Gasteiger partial charge is 0.394 e. The minimum atomic E-state index is -1.67. The number of non-ortho nitro benzene ring substituents is 1. The van der Waals surface area contributed by atoms with E-state index in [2.05, 4.69) is 0 Å². The molecule has 0 aromatic heterocycles. The number of aliphatic hydroxyl groups is 4. The highest BCUT2D eigenvalue weighted by atomic mass is 16.6. The van der Waals surface area contributed by atoms with Gasteiger partial charge in [0.2, 0.25) is 5.91 Å². The normalized spacial score (nSPS) is 31.4. The van der Waals surface area contributed by atoms with Crippen LogP contribution < -0.4 is 5.73 Å². The van der Waals surface area contributed by atoms with Gasteiger partial charge in [-0.15, -0.1) is 0 Å². The number of nitro benzene ring substituents is 1. The first-order valence-corrected chi connectivity index (χ1v) is 7.12. The molecular formula is C14H18N2O8. The van der Waals surface area contributed by atoms with Crippen LogP contribution in [0.3, 0.4) is 0 Å². The van der Waals surface area contributed by atoms with Gasteiger partial charge in [-0.05, 0) is 5.56 Å². The number of benzene rings is 1. The predicted molar refractivity (Wildman–Crippen MR) is 78.5 cm³/mol. The number of carbonyl (C=O) groups excluding carboxylic acids is 1. The molecule has 1 aromatic rings. The second kappa shape index (κ2) is 7.20. The lowest BCUT2D eigenvalue weighted by Gasteiger charge is -2.42. The molecule has 1 fully saturated rings. The van der Waals surface area contributed by atoms with E-state index in [1.165, 1.54) is 12.1 Å². The van der Waals surface area contributed by atoms with Gasteiger partial charge in [0.05, 0.1) is 29.5 Å². The molecule has 1 aliphatic rings. The number of nitro groups is 1. The van der Waals surface area contributed by atoms with Crippen molar-refractivity contribution in [1.82, 2.24) is 0 Å². The fraction of sp³-hybridized carbons (Fsp3) is 0.500. The molecule has 0 bridgehead atoms. The van der Waals surface area contributed by atoms with Crippen molar-refractivity contribution in [2.75, 3.05) is 6.61 Å². The Bertz CT molecular complexity index is 607. The maximum Gasteiger partial charge on any atom is 0.269 e. The number of hydrogen-bond donors (Lipinski definition) is 5. The van der Waals surface area contributed by atoms with Gasteiger partial charge in [-0.25, -0.2) is 0 Å². The Labute approximate surface area is 136 Å². The summed E-state index contributed by atoms with van der Waals surface area (Å²) in [5.74, 6) is -3.47. The van der Waals surface area contributed by atoms with Crippen molar-refractivity contribution < 1.29 is 34.9 Å². The van der Waals surface area contributed by atoms with Gasteiger partial charge in [0.25, 0.3) is 5.69 Å². The number of primary amides is 1. The van der Waals surface area contributed by atoms with E-state index in [0.717, 1.165) is 12.1 Å². The summed E-state index contributed by atoms with van der Waals surface area (Å²) in [6.07, 6.45) is -6.02. The summed E-state index contributed by atoms with van der Waals surface area (Å²) in [6.45, 7) is -0.638. The molecule has 1 heterocycles. The molecule has 0 spiro atoms. The van der Waals surface area contributed by atoms with E-state index in [4.69, 9.17) is 15.6 Å². The molecule has 1 aliphatic heterocycles. The van der Waals surface area contributed by atoms with Crippen molar-refractivity contribution in [3.05, 3.63) is 39.9 Å². The minimum absolute atomic E-state index is 0.205. The summed E-state index contributed by atoms with van der Waals surface area (Å²) < 4.78 is 5.02. The Morgan fingerprint density at radius 3 is 2.29 bits per heavy atom. The molecule has 6 N–H and O–H groups in total. The number of aliphatic hydroxyl groups excluding tert-OH is 4. The van der Waals surface area contributed by atoms with Crippen LogP contribution in [0.5, 0.6) is 0 Å². The first-order valence-electron chi connectivity index (χ1n) is 7.12. The van der Waals surface area contributed by atoms with Gasteiger partial charge in [0.15, 0.2) is 6.29 Å². The van der Waals surface area contributed by atoms with Crippen LogP contribution in [-0.2, 0) is 9.53 Å². The highest BCUT2D eigenvalue weighted by Crippen LogP contribution is 2.36. The molecule has 0 saturated carbocycles. The van der Waals surface area contributed by atoms with Crippen molar-refractivity contribution >= 4 is 11.6 Å². The van der Waals surface area contributed by atoms with E-state index in [1.807, 2.05) is 0 Å². The molecule has 2 rings (SSSR count). The van der Waals surface area contributed by atoms with Crippen molar-refractivity contribution in [2.24, 2.45) is 11.7 Å². The summed E-state index contributed by atoms with van der Waals surface area (Å²) in [4.78, 5) is 21.9. The molecule has 1 saturated heterocycles. The van der Waals surface area contributed by atoms with Crippen molar-refractivity contribution in [3.8, 4) is 0 Å². The van der Waals surface area contributed by atoms with E-state index >= 15 is 0 Å². The monoisotopic (exact) mass is 342 g/mol. The van der Waals surface area contributed by atoms with Crippen LogP contribution in [0.2, 0.25) is 0 Å². The molecule has 24 heavy (non-hydrogen) atoms. The lowest BCUT2D eigenvalue weighted by molar-refractivity contribution is -0.384. The van der Waals surface area contributed by atoms with Crippen molar-refractivity contribution in [3.63, 3.8) is 0 Å². The average Bonchev–Trinajstić information content (AvgIpc) is 2.54. The fourth-order valence-corrected chi connectivity index (χ4v) is 2.86. The molecule has 1 unspecified atom stereocenters. The van der Waals surface area contributed by atoms with Crippen LogP contribution in [0.1, 0.15) is 11.5 Å². The van der Waals surface area contributed by atoms with Crippen LogP contribution in [0.25, 0.3) is 0 Å². The van der Waals surface area contributed by atoms with Gasteiger partial charge in [-0.2, -0.15) is 0 Å². The Morgan fingerprint density at radius 2 is 1.83 bits per heavy atom. The van der Waals surface area contributed by atoms with Gasteiger partial charge in [0.1, 0.15) is 12.2 Å². The van der Waals surface area contributed by atoms with Gasteiger partial charge in [-0.3, -0.25) is 14.9 Å². The Kier molecular flexibility index (Phi) is 5.47. The van der Waals surface area contributed by atoms with Crippen molar-refractivity contribution in [2.45, 2.75) is 30.5 Å². The third-order valence-corrected chi connectivity index (χ3v) is 4.10. The van der Waals surface area contributed by atoms with E-state index in [1.54, 1.807) is 0 Å². The van der Waals surface area contributed by atoms with E-state index in [9.17, 15) is 30.2 Å². The Morgan fingerprint density at radius 1 is 1.25 bits per heavy atom. The zero-order chi connectivity index (χ0) is 18.0. The Hall–Kier alpha value is -2.11. The van der Waals surface area contributed by atoms with Crippen LogP contribution in [0.4, 0.5) is 5.69 Å². The number of amides is 1. The van der Waals surface area contributed by atoms with Crippen LogP contribution in [-0.4, -0.2) is 62.5 Å². The van der Waals surface area contributed by atoms with Crippen molar-refractivity contribution in [1.29, 1.82) is 0 Å². The first-order chi connectivity index (χ1) is 11.3. The van der Waals surface area contributed by atoms with Crippen LogP contribution >= 0.6 is 0 Å². The summed E-state index contributed by atoms with van der Waals surface area (Å²) >= 11 is 0. The SMILES string of the molecule is NC(=O)C(c1ccc([N+](=O)[O-])cc1)[C@H]1[C@@H](O)[C@H](O)[C@@H](CO)O[C@@H]1O. The smallest absolute Gasteiger partial charge is 0.269 e. The zero-order valence-electron chi connectivity index (χ0n) is 12.4. The molecule has 0 radical (unpaired) electrons. The second-order valence-electron chi connectivity index (χ2n) is 5.53. The first kappa shape index (κ1) is 18.2. The summed E-state index contributed by atoms with van der Waals surface area (Å²) in [6, 6.07) is 4.86. The van der Waals surface area contributed by atoms with Gasteiger partial charge < -0.3 is 30.9 Å². The van der Waals surface area contributed by atoms with E-state index in [-0.39, 0.29) is 11.3 Å². The van der Waals surface area contributed by atoms with E-state index in [0.29, 0.717) is 0 Å². The molecule has 10 nitrogen and oxygen atoms in total. The molecule has 0 aliphatic carbocycles. The number of hydrogen-bond acceptors (Lipinski definition) is 8. The summed E-state index contributed by atoms with van der Waals surface area (Å²) in [5.41, 5.74) is 5.36. The standard InChI is InChI=1S/C14H18N2O8/c15-13(20)9(6-1-3-7(4-2-6)16(22)23)10-12(19)11(18)8(5-17)24-14(10)21/h1-4,8-12,14,17-19,21H,5H2,(H2,15,20)/t8-,9?,10+,11-,12-,14+/m1/s1. The third-order valence-electron chi connectivity index (χ3n) is 4.10. The third kappa shape index (κ3) is 3.37. The van der Waals surface area contributed by atoms with Gasteiger partial charge >= 0.3 is 0 Å². The zero-order valence-corrected chi connectivity index (χ0v) is 12.4. The van der Waals surface area contributed by atoms with Crippen LogP contribution in [0.15, 0.2) is 24.3 Å². The summed E-state index contributed by atoms with van der Waals surface area (Å²) in [7, 11) is 0. The maximum atomic E-state index is 11.8. The van der Waals surface area contributed by atoms with Gasteiger partial charge in [0, 0.05) is 12.1 Å². The molecule has 10 heteroatoms. The summed E-state index contributed by atoms with van der Waals surface area (Å²) in [5, 5.41) is 50.0. The minimum Gasteiger partial charge on any atom is -0.394 e. The number of nitrogens with zero attached hydrogens (tertiary/aromatic N) is 1. The Balaban J connectivity index is 2.36. The highest BCUT2D eigenvalue weighted by Gasteiger charge is 2.49. The van der Waals surface area contributed by atoms with E-state index < -0.39 is 53.9 Å². The molecule has 6 atom stereocenters. The molecule has 1 amide bonds. The quantitative estimate of drug-likeness (QED) is 0.308. The maximum absolute atomic E-state index is 11.8. The number of ether oxygens (including phenoxy) is 1. The fourth-order valence-electron chi connectivity index (χ4n) is 2.86. The lowest BCUT2D eigenvalue weighted by atomic mass is 9.77.